The fraction of sp³-hybridized carbons (Fsp3) is 0.500. The van der Waals surface area contributed by atoms with E-state index >= 15 is 0 Å². The second-order valence-electron chi connectivity index (χ2n) is 4.67. The number of benzene rings is 1. The Morgan fingerprint density at radius 2 is 2.12 bits per heavy atom. The number of nitriles is 1. The Labute approximate surface area is 96.9 Å². The Bertz CT molecular complexity index is 445. The number of nitrogens with zero attached hydrogens (tertiary/aromatic N) is 1. The first-order chi connectivity index (χ1) is 7.67. The van der Waals surface area contributed by atoms with E-state index in [-0.39, 0.29) is 0 Å². The van der Waals surface area contributed by atoms with E-state index in [0.29, 0.717) is 23.1 Å². The van der Waals surface area contributed by atoms with Crippen LogP contribution in [0.2, 0.25) is 0 Å². The summed E-state index contributed by atoms with van der Waals surface area (Å²) in [7, 11) is 1.62. The summed E-state index contributed by atoms with van der Waals surface area (Å²) in [5.74, 6) is 1.98. The molecule has 0 amide bonds. The molecule has 0 aromatic heterocycles. The number of hydrogen-bond acceptors (Lipinski definition) is 2. The first-order valence-corrected chi connectivity index (χ1v) is 5.78. The zero-order valence-electron chi connectivity index (χ0n) is 10.1. The molecule has 2 heteroatoms. The van der Waals surface area contributed by atoms with E-state index in [1.54, 1.807) is 7.11 Å². The maximum absolute atomic E-state index is 9.04. The minimum Gasteiger partial charge on any atom is -0.495 e. The van der Waals surface area contributed by atoms with Crippen molar-refractivity contribution in [2.45, 2.75) is 32.6 Å². The molecule has 0 saturated carbocycles. The molecule has 16 heavy (non-hydrogen) atoms. The average Bonchev–Trinajstić information content (AvgIpc) is 2.32. The molecule has 0 saturated heterocycles. The van der Waals surface area contributed by atoms with Crippen molar-refractivity contribution in [3.05, 3.63) is 28.8 Å². The summed E-state index contributed by atoms with van der Waals surface area (Å²) in [4.78, 5) is 0. The summed E-state index contributed by atoms with van der Waals surface area (Å²) in [5, 5.41) is 9.04. The Hall–Kier alpha value is -1.49. The molecule has 2 rings (SSSR count). The van der Waals surface area contributed by atoms with Gasteiger partial charge in [0.05, 0.1) is 12.7 Å². The first-order valence-electron chi connectivity index (χ1n) is 5.78. The van der Waals surface area contributed by atoms with Gasteiger partial charge < -0.3 is 4.74 Å². The predicted octanol–water partition coefficient (Wildman–Crippen LogP) is 3.25. The van der Waals surface area contributed by atoms with E-state index in [1.807, 2.05) is 12.1 Å². The van der Waals surface area contributed by atoms with Gasteiger partial charge in [0.2, 0.25) is 0 Å². The molecule has 0 heterocycles. The molecule has 0 N–H and O–H groups in total. The highest BCUT2D eigenvalue weighted by Crippen LogP contribution is 2.38. The topological polar surface area (TPSA) is 33.0 Å². The van der Waals surface area contributed by atoms with Gasteiger partial charge in [-0.05, 0) is 47.9 Å². The fourth-order valence-electron chi connectivity index (χ4n) is 2.48. The van der Waals surface area contributed by atoms with Crippen molar-refractivity contribution >= 4 is 0 Å². The SMILES string of the molecule is COc1cc2c(cc1C#N)CCC(C)C2C. The maximum atomic E-state index is 9.04. The third kappa shape index (κ3) is 1.67. The third-order valence-corrected chi connectivity index (χ3v) is 3.79. The summed E-state index contributed by atoms with van der Waals surface area (Å²) in [6.45, 7) is 4.55. The van der Waals surface area contributed by atoms with Gasteiger partial charge >= 0.3 is 0 Å². The summed E-state index contributed by atoms with van der Waals surface area (Å²) in [6.07, 6.45) is 2.30. The van der Waals surface area contributed by atoms with Gasteiger partial charge in [0.1, 0.15) is 11.8 Å². The standard InChI is InChI=1S/C14H17NO/c1-9-4-5-11-6-12(8-15)14(16-3)7-13(11)10(9)2/h6-7,9-10H,4-5H2,1-3H3. The van der Waals surface area contributed by atoms with Crippen LogP contribution in [0.25, 0.3) is 0 Å². The van der Waals surface area contributed by atoms with Gasteiger partial charge in [0.15, 0.2) is 0 Å². The Kier molecular flexibility index (Phi) is 2.87. The highest BCUT2D eigenvalue weighted by Gasteiger charge is 2.24. The van der Waals surface area contributed by atoms with Crippen molar-refractivity contribution in [2.24, 2.45) is 5.92 Å². The van der Waals surface area contributed by atoms with E-state index in [2.05, 4.69) is 19.9 Å². The molecule has 0 spiro atoms. The molecule has 2 unspecified atom stereocenters. The van der Waals surface area contributed by atoms with Crippen LogP contribution in [0.5, 0.6) is 5.75 Å². The van der Waals surface area contributed by atoms with Crippen molar-refractivity contribution in [3.8, 4) is 11.8 Å². The van der Waals surface area contributed by atoms with Gasteiger partial charge in [-0.3, -0.25) is 0 Å². The normalized spacial score (nSPS) is 23.4. The van der Waals surface area contributed by atoms with Gasteiger partial charge in [-0.2, -0.15) is 5.26 Å². The largest absolute Gasteiger partial charge is 0.495 e. The Morgan fingerprint density at radius 3 is 2.75 bits per heavy atom. The minimum atomic E-state index is 0.561. The minimum absolute atomic E-state index is 0.561. The van der Waals surface area contributed by atoms with Gasteiger partial charge in [-0.15, -0.1) is 0 Å². The van der Waals surface area contributed by atoms with Crippen molar-refractivity contribution < 1.29 is 4.74 Å². The molecular formula is C14H17NO. The fourth-order valence-corrected chi connectivity index (χ4v) is 2.48. The van der Waals surface area contributed by atoms with Crippen LogP contribution in [-0.4, -0.2) is 7.11 Å². The molecule has 0 radical (unpaired) electrons. The molecule has 0 bridgehead atoms. The molecule has 1 aliphatic rings. The quantitative estimate of drug-likeness (QED) is 0.720. The average molecular weight is 215 g/mol. The molecule has 0 aliphatic heterocycles. The monoisotopic (exact) mass is 215 g/mol. The summed E-state index contributed by atoms with van der Waals surface area (Å²) >= 11 is 0. The second kappa shape index (κ2) is 4.17. The van der Waals surface area contributed by atoms with E-state index in [4.69, 9.17) is 10.00 Å². The molecule has 2 nitrogen and oxygen atoms in total. The van der Waals surface area contributed by atoms with E-state index in [0.717, 1.165) is 6.42 Å². The lowest BCUT2D eigenvalue weighted by Crippen LogP contribution is -2.16. The van der Waals surface area contributed by atoms with Crippen LogP contribution in [0.15, 0.2) is 12.1 Å². The molecule has 2 atom stereocenters. The molecule has 84 valence electrons. The smallest absolute Gasteiger partial charge is 0.136 e. The van der Waals surface area contributed by atoms with Crippen LogP contribution in [0.3, 0.4) is 0 Å². The van der Waals surface area contributed by atoms with Crippen molar-refractivity contribution in [1.29, 1.82) is 5.26 Å². The Morgan fingerprint density at radius 1 is 1.38 bits per heavy atom. The van der Waals surface area contributed by atoms with Crippen molar-refractivity contribution in [3.63, 3.8) is 0 Å². The third-order valence-electron chi connectivity index (χ3n) is 3.79. The molecule has 1 aromatic carbocycles. The van der Waals surface area contributed by atoms with Crippen molar-refractivity contribution in [2.75, 3.05) is 7.11 Å². The summed E-state index contributed by atoms with van der Waals surface area (Å²) < 4.78 is 5.26. The van der Waals surface area contributed by atoms with Crippen LogP contribution >= 0.6 is 0 Å². The second-order valence-corrected chi connectivity index (χ2v) is 4.67. The number of hydrogen-bond donors (Lipinski definition) is 0. The maximum Gasteiger partial charge on any atom is 0.136 e. The lowest BCUT2D eigenvalue weighted by atomic mass is 9.76. The van der Waals surface area contributed by atoms with E-state index < -0.39 is 0 Å². The predicted molar refractivity (Wildman–Crippen MR) is 63.6 cm³/mol. The van der Waals surface area contributed by atoms with E-state index in [1.165, 1.54) is 17.5 Å². The number of fused-ring (bicyclic) bond motifs is 1. The summed E-state index contributed by atoms with van der Waals surface area (Å²) in [6, 6.07) is 6.24. The number of aryl methyl sites for hydroxylation is 1. The Balaban J connectivity index is 2.53. The highest BCUT2D eigenvalue weighted by molar-refractivity contribution is 5.50. The lowest BCUT2D eigenvalue weighted by Gasteiger charge is -2.29. The van der Waals surface area contributed by atoms with Crippen molar-refractivity contribution in [1.82, 2.24) is 0 Å². The highest BCUT2D eigenvalue weighted by atomic mass is 16.5. The number of ether oxygens (including phenoxy) is 1. The summed E-state index contributed by atoms with van der Waals surface area (Å²) in [5.41, 5.74) is 3.33. The van der Waals surface area contributed by atoms with Crippen LogP contribution < -0.4 is 4.74 Å². The van der Waals surface area contributed by atoms with Crippen LogP contribution in [0.4, 0.5) is 0 Å². The van der Waals surface area contributed by atoms with Crippen LogP contribution in [0.1, 0.15) is 42.9 Å². The van der Waals surface area contributed by atoms with Crippen LogP contribution in [-0.2, 0) is 6.42 Å². The zero-order chi connectivity index (χ0) is 11.7. The number of rotatable bonds is 1. The van der Waals surface area contributed by atoms with Gasteiger partial charge in [0, 0.05) is 0 Å². The van der Waals surface area contributed by atoms with E-state index in [9.17, 15) is 0 Å². The molecule has 1 aliphatic carbocycles. The zero-order valence-corrected chi connectivity index (χ0v) is 10.1. The molecular weight excluding hydrogens is 198 g/mol. The van der Waals surface area contributed by atoms with Gasteiger partial charge in [-0.1, -0.05) is 13.8 Å². The molecule has 1 aromatic rings. The van der Waals surface area contributed by atoms with Gasteiger partial charge in [-0.25, -0.2) is 0 Å². The molecule has 0 fully saturated rings. The lowest BCUT2D eigenvalue weighted by molar-refractivity contribution is 0.401. The van der Waals surface area contributed by atoms with Gasteiger partial charge in [0.25, 0.3) is 0 Å². The number of methoxy groups -OCH3 is 1. The van der Waals surface area contributed by atoms with Crippen LogP contribution in [0, 0.1) is 17.2 Å². The first kappa shape index (κ1) is 11.0.